The molecule has 1 aliphatic carbocycles. The van der Waals surface area contributed by atoms with Gasteiger partial charge in [0, 0.05) is 13.0 Å². The van der Waals surface area contributed by atoms with Crippen molar-refractivity contribution in [3.05, 3.63) is 35.9 Å². The molecule has 1 amide bonds. The number of carbonyl (C=O) groups is 1. The van der Waals surface area contributed by atoms with Crippen molar-refractivity contribution in [2.24, 2.45) is 5.92 Å². The third-order valence-electron chi connectivity index (χ3n) is 4.88. The van der Waals surface area contributed by atoms with Crippen molar-refractivity contribution < 1.29 is 9.90 Å². The normalized spacial score (nSPS) is 22.3. The Morgan fingerprint density at radius 3 is 2.68 bits per heavy atom. The highest BCUT2D eigenvalue weighted by atomic mass is 16.3. The number of benzene rings is 1. The number of carbonyl (C=O) groups excluding carboxylic acids is 1. The Morgan fingerprint density at radius 2 is 2.00 bits per heavy atom. The molecule has 2 N–H and O–H groups in total. The van der Waals surface area contributed by atoms with Gasteiger partial charge in [0.1, 0.15) is 0 Å². The molecule has 0 radical (unpaired) electrons. The molecule has 0 bridgehead atoms. The number of aliphatic hydroxyl groups is 1. The number of nitrogens with one attached hydrogen (secondary N) is 1. The van der Waals surface area contributed by atoms with Crippen molar-refractivity contribution in [2.75, 3.05) is 6.54 Å². The molecule has 1 saturated carbocycles. The lowest BCUT2D eigenvalue weighted by Crippen LogP contribution is -2.33. The standard InChI is InChI=1S/C19H29NO2/c1-19(2,16-8-4-3-5-9-16)12-11-18(22)20-14-15-7-6-10-17(21)13-15/h3-5,8-9,15,17,21H,6-7,10-14H2,1-2H3,(H,20,22). The summed E-state index contributed by atoms with van der Waals surface area (Å²) in [6.07, 6.45) is 5.15. The van der Waals surface area contributed by atoms with E-state index in [2.05, 4.69) is 31.3 Å². The van der Waals surface area contributed by atoms with E-state index in [1.807, 2.05) is 18.2 Å². The molecule has 2 atom stereocenters. The fraction of sp³-hybridized carbons (Fsp3) is 0.632. The largest absolute Gasteiger partial charge is 0.393 e. The molecule has 0 aliphatic heterocycles. The third-order valence-corrected chi connectivity index (χ3v) is 4.88. The monoisotopic (exact) mass is 303 g/mol. The molecule has 1 aromatic rings. The maximum absolute atomic E-state index is 12.1. The summed E-state index contributed by atoms with van der Waals surface area (Å²) in [7, 11) is 0. The molecule has 0 aromatic heterocycles. The highest BCUT2D eigenvalue weighted by molar-refractivity contribution is 5.76. The number of rotatable bonds is 6. The van der Waals surface area contributed by atoms with Crippen LogP contribution < -0.4 is 5.32 Å². The minimum atomic E-state index is -0.173. The van der Waals surface area contributed by atoms with Crippen LogP contribution in [0.5, 0.6) is 0 Å². The molecule has 3 nitrogen and oxygen atoms in total. The molecular formula is C19H29NO2. The van der Waals surface area contributed by atoms with Gasteiger partial charge in [0.25, 0.3) is 0 Å². The van der Waals surface area contributed by atoms with Crippen molar-refractivity contribution >= 4 is 5.91 Å². The van der Waals surface area contributed by atoms with Gasteiger partial charge in [-0.15, -0.1) is 0 Å². The minimum Gasteiger partial charge on any atom is -0.393 e. The van der Waals surface area contributed by atoms with Gasteiger partial charge < -0.3 is 10.4 Å². The Morgan fingerprint density at radius 1 is 1.27 bits per heavy atom. The van der Waals surface area contributed by atoms with Gasteiger partial charge in [-0.3, -0.25) is 4.79 Å². The predicted octanol–water partition coefficient (Wildman–Crippen LogP) is 3.41. The molecule has 2 unspecified atom stereocenters. The van der Waals surface area contributed by atoms with Crippen LogP contribution >= 0.6 is 0 Å². The number of amides is 1. The fourth-order valence-corrected chi connectivity index (χ4v) is 3.25. The predicted molar refractivity (Wildman–Crippen MR) is 89.7 cm³/mol. The number of hydrogen-bond acceptors (Lipinski definition) is 2. The molecule has 22 heavy (non-hydrogen) atoms. The minimum absolute atomic E-state index is 0.0135. The van der Waals surface area contributed by atoms with Crippen LogP contribution in [0.25, 0.3) is 0 Å². The fourth-order valence-electron chi connectivity index (χ4n) is 3.25. The van der Waals surface area contributed by atoms with Gasteiger partial charge in [0.15, 0.2) is 0 Å². The summed E-state index contributed by atoms with van der Waals surface area (Å²) in [5.74, 6) is 0.568. The van der Waals surface area contributed by atoms with Gasteiger partial charge in [0.05, 0.1) is 6.10 Å². The summed E-state index contributed by atoms with van der Waals surface area (Å²) in [6.45, 7) is 5.09. The Labute approximate surface area is 134 Å². The molecule has 3 heteroatoms. The molecular weight excluding hydrogens is 274 g/mol. The third kappa shape index (κ3) is 5.13. The van der Waals surface area contributed by atoms with Gasteiger partial charge in [-0.25, -0.2) is 0 Å². The van der Waals surface area contributed by atoms with Gasteiger partial charge in [-0.2, -0.15) is 0 Å². The summed E-state index contributed by atoms with van der Waals surface area (Å²) >= 11 is 0. The van der Waals surface area contributed by atoms with E-state index in [1.165, 1.54) is 5.56 Å². The summed E-state index contributed by atoms with van der Waals surface area (Å²) in [5, 5.41) is 12.7. The van der Waals surface area contributed by atoms with Gasteiger partial charge in [-0.1, -0.05) is 50.6 Å². The molecule has 1 aromatic carbocycles. The highest BCUT2D eigenvalue weighted by Crippen LogP contribution is 2.28. The van der Waals surface area contributed by atoms with Crippen LogP contribution in [0.1, 0.15) is 57.9 Å². The maximum Gasteiger partial charge on any atom is 0.220 e. The van der Waals surface area contributed by atoms with Crippen LogP contribution in [-0.2, 0) is 10.2 Å². The Bertz CT molecular complexity index is 470. The Balaban J connectivity index is 1.73. The van der Waals surface area contributed by atoms with Crippen LogP contribution in [0, 0.1) is 5.92 Å². The smallest absolute Gasteiger partial charge is 0.220 e. The summed E-state index contributed by atoms with van der Waals surface area (Å²) in [5.41, 5.74) is 1.29. The van der Waals surface area contributed by atoms with E-state index in [4.69, 9.17) is 0 Å². The first-order valence-corrected chi connectivity index (χ1v) is 8.47. The second-order valence-corrected chi connectivity index (χ2v) is 7.24. The van der Waals surface area contributed by atoms with E-state index in [0.29, 0.717) is 18.9 Å². The van der Waals surface area contributed by atoms with E-state index in [0.717, 1.165) is 32.1 Å². The Hall–Kier alpha value is -1.35. The van der Waals surface area contributed by atoms with E-state index in [-0.39, 0.29) is 17.4 Å². The van der Waals surface area contributed by atoms with Crippen molar-refractivity contribution in [3.63, 3.8) is 0 Å². The van der Waals surface area contributed by atoms with Gasteiger partial charge in [-0.05, 0) is 42.6 Å². The van der Waals surface area contributed by atoms with E-state index >= 15 is 0 Å². The summed E-state index contributed by atoms with van der Waals surface area (Å²) < 4.78 is 0. The first kappa shape index (κ1) is 17.0. The number of aliphatic hydroxyl groups excluding tert-OH is 1. The highest BCUT2D eigenvalue weighted by Gasteiger charge is 2.23. The number of hydrogen-bond donors (Lipinski definition) is 2. The second-order valence-electron chi connectivity index (χ2n) is 7.24. The van der Waals surface area contributed by atoms with E-state index < -0.39 is 0 Å². The molecule has 0 heterocycles. The second kappa shape index (κ2) is 7.77. The van der Waals surface area contributed by atoms with Crippen LogP contribution in [-0.4, -0.2) is 23.7 Å². The molecule has 0 saturated heterocycles. The van der Waals surface area contributed by atoms with Crippen molar-refractivity contribution in [2.45, 2.75) is 63.9 Å². The quantitative estimate of drug-likeness (QED) is 0.846. The average molecular weight is 303 g/mol. The molecule has 1 fully saturated rings. The van der Waals surface area contributed by atoms with E-state index in [9.17, 15) is 9.90 Å². The summed E-state index contributed by atoms with van der Waals surface area (Å²) in [4.78, 5) is 12.1. The SMILES string of the molecule is CC(C)(CCC(=O)NCC1CCCC(O)C1)c1ccccc1. The maximum atomic E-state index is 12.1. The van der Waals surface area contributed by atoms with Gasteiger partial charge >= 0.3 is 0 Å². The molecule has 1 aliphatic rings. The van der Waals surface area contributed by atoms with Crippen LogP contribution in [0.3, 0.4) is 0 Å². The molecule has 122 valence electrons. The molecule has 0 spiro atoms. The molecule has 2 rings (SSSR count). The van der Waals surface area contributed by atoms with Crippen molar-refractivity contribution in [1.82, 2.24) is 5.32 Å². The first-order chi connectivity index (χ1) is 10.5. The zero-order valence-electron chi connectivity index (χ0n) is 13.8. The summed E-state index contributed by atoms with van der Waals surface area (Å²) in [6, 6.07) is 10.4. The topological polar surface area (TPSA) is 49.3 Å². The van der Waals surface area contributed by atoms with Crippen LogP contribution in [0.15, 0.2) is 30.3 Å². The zero-order chi connectivity index (χ0) is 16.0. The van der Waals surface area contributed by atoms with Crippen LogP contribution in [0.2, 0.25) is 0 Å². The van der Waals surface area contributed by atoms with Gasteiger partial charge in [0.2, 0.25) is 5.91 Å². The van der Waals surface area contributed by atoms with Crippen molar-refractivity contribution in [3.8, 4) is 0 Å². The van der Waals surface area contributed by atoms with Crippen LogP contribution in [0.4, 0.5) is 0 Å². The lowest BCUT2D eigenvalue weighted by atomic mass is 9.80. The lowest BCUT2D eigenvalue weighted by molar-refractivity contribution is -0.121. The Kier molecular flexibility index (Phi) is 6.01. The average Bonchev–Trinajstić information content (AvgIpc) is 2.52. The lowest BCUT2D eigenvalue weighted by Gasteiger charge is -2.27. The van der Waals surface area contributed by atoms with Crippen molar-refractivity contribution in [1.29, 1.82) is 0 Å². The van der Waals surface area contributed by atoms with E-state index in [1.54, 1.807) is 0 Å². The zero-order valence-corrected chi connectivity index (χ0v) is 13.8. The first-order valence-electron chi connectivity index (χ1n) is 8.47.